The summed E-state index contributed by atoms with van der Waals surface area (Å²) in [5, 5.41) is 22.3. The van der Waals surface area contributed by atoms with Gasteiger partial charge in [0.1, 0.15) is 23.2 Å². The minimum atomic E-state index is -3.77. The average Bonchev–Trinajstić information content (AvgIpc) is 3.52. The Hall–Kier alpha value is -3.53. The normalized spacial score (nSPS) is 14.7. The lowest BCUT2D eigenvalue weighted by atomic mass is 9.98. The topological polar surface area (TPSA) is 151 Å². The monoisotopic (exact) mass is 526 g/mol. The number of anilines is 1. The summed E-state index contributed by atoms with van der Waals surface area (Å²) in [6.07, 6.45) is 5.54. The summed E-state index contributed by atoms with van der Waals surface area (Å²) < 4.78 is 35.3. The molecule has 0 atom stereocenters. The molecule has 4 heterocycles. The van der Waals surface area contributed by atoms with Gasteiger partial charge in [-0.2, -0.15) is 15.5 Å². The number of rotatable bonds is 7. The number of benzene rings is 1. The zero-order chi connectivity index (χ0) is 25.3. The number of nitrogens with zero attached hydrogens (tertiary/aromatic N) is 6. The van der Waals surface area contributed by atoms with Crippen molar-refractivity contribution in [2.75, 3.05) is 23.7 Å². The van der Waals surface area contributed by atoms with E-state index in [0.29, 0.717) is 52.8 Å². The molecular formula is C23H23ClN8O3S. The third kappa shape index (κ3) is 5.04. The van der Waals surface area contributed by atoms with Gasteiger partial charge in [-0.3, -0.25) is 14.5 Å². The van der Waals surface area contributed by atoms with Crippen molar-refractivity contribution in [3.05, 3.63) is 41.3 Å². The van der Waals surface area contributed by atoms with Crippen LogP contribution in [0.25, 0.3) is 33.5 Å². The number of hydrogen-bond acceptors (Lipinski definition) is 8. The molecule has 0 saturated carbocycles. The molecule has 0 bridgehead atoms. The van der Waals surface area contributed by atoms with Crippen molar-refractivity contribution in [2.45, 2.75) is 19.3 Å². The first-order chi connectivity index (χ1) is 17.3. The van der Waals surface area contributed by atoms with Crippen LogP contribution >= 0.6 is 11.6 Å². The molecule has 1 saturated heterocycles. The summed E-state index contributed by atoms with van der Waals surface area (Å²) in [6, 6.07) is 7.22. The first-order valence-electron chi connectivity index (χ1n) is 11.4. The lowest BCUT2D eigenvalue weighted by Crippen LogP contribution is -2.23. The molecule has 1 fully saturated rings. The van der Waals surface area contributed by atoms with Gasteiger partial charge in [-0.05, 0) is 43.4 Å². The van der Waals surface area contributed by atoms with Gasteiger partial charge in [0.2, 0.25) is 10.0 Å². The van der Waals surface area contributed by atoms with E-state index in [2.05, 4.69) is 30.0 Å². The summed E-state index contributed by atoms with van der Waals surface area (Å²) in [6.45, 7) is 1.29. The molecule has 0 spiro atoms. The zero-order valence-electron chi connectivity index (χ0n) is 19.4. The maximum Gasteiger partial charge on any atom is 0.233 e. The van der Waals surface area contributed by atoms with E-state index >= 15 is 0 Å². The Morgan fingerprint density at radius 2 is 2.08 bits per heavy atom. The predicted octanol–water partition coefficient (Wildman–Crippen LogP) is 3.50. The first-order valence-corrected chi connectivity index (χ1v) is 13.4. The van der Waals surface area contributed by atoms with Crippen LogP contribution in [0.3, 0.4) is 0 Å². The van der Waals surface area contributed by atoms with Crippen molar-refractivity contribution in [3.63, 3.8) is 0 Å². The molecule has 186 valence electrons. The average molecular weight is 527 g/mol. The second kappa shape index (κ2) is 9.85. The van der Waals surface area contributed by atoms with Crippen LogP contribution in [-0.2, 0) is 21.8 Å². The number of ether oxygens (including phenoxy) is 1. The van der Waals surface area contributed by atoms with Gasteiger partial charge in [-0.15, -0.1) is 0 Å². The van der Waals surface area contributed by atoms with Crippen molar-refractivity contribution in [3.8, 4) is 28.7 Å². The Morgan fingerprint density at radius 1 is 1.28 bits per heavy atom. The van der Waals surface area contributed by atoms with Crippen molar-refractivity contribution in [1.29, 1.82) is 5.26 Å². The van der Waals surface area contributed by atoms with E-state index in [9.17, 15) is 13.7 Å². The van der Waals surface area contributed by atoms with Gasteiger partial charge in [0.05, 0.1) is 22.5 Å². The molecule has 2 N–H and O–H groups in total. The van der Waals surface area contributed by atoms with Crippen molar-refractivity contribution in [2.24, 2.45) is 13.0 Å². The van der Waals surface area contributed by atoms with Gasteiger partial charge >= 0.3 is 0 Å². The number of fused-ring (bicyclic) bond motifs is 1. The lowest BCUT2D eigenvalue weighted by molar-refractivity contribution is 0.0656. The highest BCUT2D eigenvalue weighted by Gasteiger charge is 2.24. The number of nitriles is 1. The molecular weight excluding hydrogens is 504 g/mol. The first kappa shape index (κ1) is 24.2. The van der Waals surface area contributed by atoms with E-state index in [4.69, 9.17) is 16.3 Å². The van der Waals surface area contributed by atoms with Gasteiger partial charge in [0, 0.05) is 37.4 Å². The van der Waals surface area contributed by atoms with Crippen LogP contribution in [0.5, 0.6) is 0 Å². The van der Waals surface area contributed by atoms with Gasteiger partial charge < -0.3 is 4.74 Å². The Labute approximate surface area is 212 Å². The second-order valence-electron chi connectivity index (χ2n) is 8.66. The van der Waals surface area contributed by atoms with Gasteiger partial charge in [0.15, 0.2) is 11.5 Å². The molecule has 0 unspecified atom stereocenters. The van der Waals surface area contributed by atoms with Crippen molar-refractivity contribution in [1.82, 2.24) is 29.9 Å². The number of aromatic nitrogens is 6. The molecule has 0 radical (unpaired) electrons. The number of aryl methyl sites for hydroxylation is 1. The van der Waals surface area contributed by atoms with E-state index in [0.717, 1.165) is 18.2 Å². The number of sulfonamides is 1. The van der Waals surface area contributed by atoms with E-state index in [1.807, 2.05) is 12.1 Å². The summed E-state index contributed by atoms with van der Waals surface area (Å²) >= 11 is 6.44. The van der Waals surface area contributed by atoms with Crippen molar-refractivity contribution < 1.29 is 13.2 Å². The minimum absolute atomic E-state index is 0.0857. The molecule has 4 aromatic rings. The molecule has 3 aromatic heterocycles. The minimum Gasteiger partial charge on any atom is -0.381 e. The van der Waals surface area contributed by atoms with E-state index in [-0.39, 0.29) is 23.2 Å². The molecule has 5 rings (SSSR count). The SMILES string of the molecule is Cn1ccc(-c2nc(NS(=O)(=O)CCC3CCOCC3)c(C#N)nc2-c2cc(Cl)c3[nH]ncc3c2)n1. The fourth-order valence-corrected chi connectivity index (χ4v) is 5.66. The second-order valence-corrected chi connectivity index (χ2v) is 10.9. The van der Waals surface area contributed by atoms with Crippen LogP contribution in [-0.4, -0.2) is 57.3 Å². The molecule has 1 aliphatic rings. The lowest BCUT2D eigenvalue weighted by Gasteiger charge is -2.21. The highest BCUT2D eigenvalue weighted by atomic mass is 35.5. The van der Waals surface area contributed by atoms with Gasteiger partial charge in [-0.25, -0.2) is 18.4 Å². The Kier molecular flexibility index (Phi) is 6.61. The van der Waals surface area contributed by atoms with E-state index in [1.165, 1.54) is 0 Å². The molecule has 0 aliphatic carbocycles. The standard InChI is InChI=1S/C23H23ClN8O3S/c1-32-6-2-18(30-32)22-21(15-10-16-13-26-29-20(16)17(24)11-15)27-19(12-25)23(28-22)31-36(33,34)9-5-14-3-7-35-8-4-14/h2,6,10-11,13-14H,3-5,7-9H2,1H3,(H,26,29)(H,28,31). The molecule has 11 nitrogen and oxygen atoms in total. The fourth-order valence-electron chi connectivity index (χ4n) is 4.21. The highest BCUT2D eigenvalue weighted by Crippen LogP contribution is 2.35. The summed E-state index contributed by atoms with van der Waals surface area (Å²) in [4.78, 5) is 9.05. The number of hydrogen-bond donors (Lipinski definition) is 2. The predicted molar refractivity (Wildman–Crippen MR) is 135 cm³/mol. The van der Waals surface area contributed by atoms with E-state index in [1.54, 1.807) is 36.3 Å². The summed E-state index contributed by atoms with van der Waals surface area (Å²) in [5.41, 5.74) is 2.24. The maximum atomic E-state index is 12.9. The summed E-state index contributed by atoms with van der Waals surface area (Å²) in [5.74, 6) is 0.0627. The Bertz CT molecular complexity index is 1570. The Morgan fingerprint density at radius 3 is 2.81 bits per heavy atom. The fraction of sp³-hybridized carbons (Fsp3) is 0.348. The molecule has 1 aliphatic heterocycles. The number of H-pyrrole nitrogens is 1. The van der Waals surface area contributed by atoms with Crippen LogP contribution in [0, 0.1) is 17.2 Å². The molecule has 1 aromatic carbocycles. The van der Waals surface area contributed by atoms with E-state index < -0.39 is 10.0 Å². The largest absolute Gasteiger partial charge is 0.381 e. The maximum absolute atomic E-state index is 12.9. The quantitative estimate of drug-likeness (QED) is 0.371. The van der Waals surface area contributed by atoms with Crippen LogP contribution in [0.4, 0.5) is 5.82 Å². The number of aromatic amines is 1. The number of halogens is 1. The van der Waals surface area contributed by atoms with Crippen LogP contribution < -0.4 is 4.72 Å². The molecule has 36 heavy (non-hydrogen) atoms. The summed E-state index contributed by atoms with van der Waals surface area (Å²) in [7, 11) is -2.01. The van der Waals surface area contributed by atoms with Crippen LogP contribution in [0.1, 0.15) is 25.0 Å². The zero-order valence-corrected chi connectivity index (χ0v) is 21.0. The third-order valence-corrected chi connectivity index (χ3v) is 7.70. The van der Waals surface area contributed by atoms with Crippen LogP contribution in [0.15, 0.2) is 30.6 Å². The number of nitrogens with one attached hydrogen (secondary N) is 2. The van der Waals surface area contributed by atoms with Gasteiger partial charge in [-0.1, -0.05) is 11.6 Å². The third-order valence-electron chi connectivity index (χ3n) is 6.12. The van der Waals surface area contributed by atoms with Crippen LogP contribution in [0.2, 0.25) is 5.02 Å². The molecule has 0 amide bonds. The van der Waals surface area contributed by atoms with Crippen molar-refractivity contribution >= 4 is 38.3 Å². The smallest absolute Gasteiger partial charge is 0.233 e. The highest BCUT2D eigenvalue weighted by molar-refractivity contribution is 7.92. The molecule has 13 heteroatoms. The van der Waals surface area contributed by atoms with Gasteiger partial charge in [0.25, 0.3) is 0 Å². The Balaban J connectivity index is 1.55.